The van der Waals surface area contributed by atoms with Crippen LogP contribution >= 0.6 is 0 Å². The molecule has 0 heterocycles. The summed E-state index contributed by atoms with van der Waals surface area (Å²) < 4.78 is 0. The topological polar surface area (TPSA) is 43.1 Å². The van der Waals surface area contributed by atoms with Gasteiger partial charge in [-0.15, -0.1) is 0 Å². The largest absolute Gasteiger partial charge is 0.330 e. The van der Waals surface area contributed by atoms with Crippen molar-refractivity contribution in [2.45, 2.75) is 52.9 Å². The summed E-state index contributed by atoms with van der Waals surface area (Å²) in [6, 6.07) is 0. The highest BCUT2D eigenvalue weighted by molar-refractivity contribution is 5.78. The molecule has 84 valence electrons. The molecule has 0 aromatic rings. The maximum Gasteiger partial charge on any atom is 0.132 e. The number of hydrogen-bond donors (Lipinski definition) is 1. The van der Waals surface area contributed by atoms with Crippen LogP contribution in [0.15, 0.2) is 0 Å². The molecule has 0 amide bonds. The maximum absolute atomic E-state index is 11.3. The quantitative estimate of drug-likeness (QED) is 0.653. The van der Waals surface area contributed by atoms with Gasteiger partial charge in [-0.2, -0.15) is 0 Å². The second kappa shape index (κ2) is 7.98. The summed E-state index contributed by atoms with van der Waals surface area (Å²) in [5.41, 5.74) is 5.55. The lowest BCUT2D eigenvalue weighted by Crippen LogP contribution is -2.15. The van der Waals surface area contributed by atoms with Crippen LogP contribution in [-0.2, 0) is 4.79 Å². The molecule has 0 fully saturated rings. The number of carbonyl (C=O) groups excluding carboxylic acids is 1. The molecule has 14 heavy (non-hydrogen) atoms. The SMILES string of the molecule is CCCC(=O)CCC(CCN)C(C)C. The van der Waals surface area contributed by atoms with Crippen molar-refractivity contribution in [2.24, 2.45) is 17.6 Å². The Morgan fingerprint density at radius 1 is 1.21 bits per heavy atom. The lowest BCUT2D eigenvalue weighted by Gasteiger charge is -2.19. The Morgan fingerprint density at radius 3 is 2.29 bits per heavy atom. The van der Waals surface area contributed by atoms with Gasteiger partial charge in [0.05, 0.1) is 0 Å². The fourth-order valence-corrected chi connectivity index (χ4v) is 1.78. The number of nitrogens with two attached hydrogens (primary N) is 1. The molecule has 0 bridgehead atoms. The Labute approximate surface area is 88.3 Å². The number of ketones is 1. The van der Waals surface area contributed by atoms with Crippen LogP contribution < -0.4 is 5.73 Å². The van der Waals surface area contributed by atoms with Crippen LogP contribution in [0.2, 0.25) is 0 Å². The molecule has 0 saturated carbocycles. The minimum atomic E-state index is 0.412. The average Bonchev–Trinajstić information content (AvgIpc) is 2.12. The fourth-order valence-electron chi connectivity index (χ4n) is 1.78. The predicted octanol–water partition coefficient (Wildman–Crippen LogP) is 2.76. The van der Waals surface area contributed by atoms with E-state index in [0.29, 0.717) is 17.6 Å². The highest BCUT2D eigenvalue weighted by Crippen LogP contribution is 2.20. The molecule has 2 nitrogen and oxygen atoms in total. The van der Waals surface area contributed by atoms with Crippen molar-refractivity contribution >= 4 is 5.78 Å². The Morgan fingerprint density at radius 2 is 1.86 bits per heavy atom. The van der Waals surface area contributed by atoms with Crippen LogP contribution in [0, 0.1) is 11.8 Å². The van der Waals surface area contributed by atoms with Gasteiger partial charge in [0.25, 0.3) is 0 Å². The number of Topliss-reactive ketones (excluding diaryl/α,β-unsaturated/α-hetero) is 1. The molecule has 0 aliphatic rings. The standard InChI is InChI=1S/C12H25NO/c1-4-5-12(14)7-6-11(8-9-13)10(2)3/h10-11H,4-9,13H2,1-3H3. The van der Waals surface area contributed by atoms with Crippen LogP contribution in [0.4, 0.5) is 0 Å². The summed E-state index contributed by atoms with van der Waals surface area (Å²) in [5, 5.41) is 0. The van der Waals surface area contributed by atoms with E-state index in [1.165, 1.54) is 0 Å². The van der Waals surface area contributed by atoms with Gasteiger partial charge in [-0.3, -0.25) is 4.79 Å². The minimum absolute atomic E-state index is 0.412. The number of carbonyl (C=O) groups is 1. The fraction of sp³-hybridized carbons (Fsp3) is 0.917. The van der Waals surface area contributed by atoms with E-state index in [-0.39, 0.29) is 0 Å². The van der Waals surface area contributed by atoms with Crippen molar-refractivity contribution in [1.82, 2.24) is 0 Å². The summed E-state index contributed by atoms with van der Waals surface area (Å²) in [7, 11) is 0. The van der Waals surface area contributed by atoms with Gasteiger partial charge in [0.2, 0.25) is 0 Å². The first kappa shape index (κ1) is 13.6. The van der Waals surface area contributed by atoms with E-state index in [1.54, 1.807) is 0 Å². The Kier molecular flexibility index (Phi) is 7.77. The van der Waals surface area contributed by atoms with Gasteiger partial charge in [-0.1, -0.05) is 20.8 Å². The molecule has 0 aromatic heterocycles. The van der Waals surface area contributed by atoms with Gasteiger partial charge in [-0.25, -0.2) is 0 Å². The Hall–Kier alpha value is -0.370. The van der Waals surface area contributed by atoms with Crippen LogP contribution in [-0.4, -0.2) is 12.3 Å². The Bertz CT molecular complexity index is 154. The second-order valence-corrected chi connectivity index (χ2v) is 4.41. The van der Waals surface area contributed by atoms with Crippen LogP contribution in [0.25, 0.3) is 0 Å². The summed E-state index contributed by atoms with van der Waals surface area (Å²) >= 11 is 0. The van der Waals surface area contributed by atoms with Crippen LogP contribution in [0.1, 0.15) is 52.9 Å². The Balaban J connectivity index is 3.75. The molecule has 2 heteroatoms. The third kappa shape index (κ3) is 6.14. The van der Waals surface area contributed by atoms with E-state index < -0.39 is 0 Å². The van der Waals surface area contributed by atoms with Gasteiger partial charge in [-0.05, 0) is 37.6 Å². The highest BCUT2D eigenvalue weighted by atomic mass is 16.1. The zero-order valence-electron chi connectivity index (χ0n) is 9.88. The summed E-state index contributed by atoms with van der Waals surface area (Å²) in [4.78, 5) is 11.3. The zero-order chi connectivity index (χ0) is 11.0. The smallest absolute Gasteiger partial charge is 0.132 e. The first-order valence-corrected chi connectivity index (χ1v) is 5.83. The van der Waals surface area contributed by atoms with E-state index in [2.05, 4.69) is 20.8 Å². The van der Waals surface area contributed by atoms with Crippen molar-refractivity contribution in [3.8, 4) is 0 Å². The molecule has 0 aliphatic heterocycles. The second-order valence-electron chi connectivity index (χ2n) is 4.41. The first-order valence-electron chi connectivity index (χ1n) is 5.83. The molecule has 1 atom stereocenters. The van der Waals surface area contributed by atoms with Gasteiger partial charge in [0.1, 0.15) is 5.78 Å². The molecule has 2 N–H and O–H groups in total. The molecular formula is C12H25NO. The van der Waals surface area contributed by atoms with Crippen molar-refractivity contribution in [3.05, 3.63) is 0 Å². The van der Waals surface area contributed by atoms with E-state index in [4.69, 9.17) is 5.73 Å². The van der Waals surface area contributed by atoms with E-state index >= 15 is 0 Å². The molecule has 0 radical (unpaired) electrons. The van der Waals surface area contributed by atoms with Crippen molar-refractivity contribution < 1.29 is 4.79 Å². The first-order chi connectivity index (χ1) is 6.61. The normalized spacial score (nSPS) is 13.2. The van der Waals surface area contributed by atoms with Gasteiger partial charge in [0, 0.05) is 12.8 Å². The van der Waals surface area contributed by atoms with E-state index in [0.717, 1.165) is 38.6 Å². The average molecular weight is 199 g/mol. The summed E-state index contributed by atoms with van der Waals surface area (Å²) in [5.74, 6) is 1.68. The van der Waals surface area contributed by atoms with Gasteiger partial charge in [0.15, 0.2) is 0 Å². The molecule has 1 unspecified atom stereocenters. The molecule has 0 spiro atoms. The summed E-state index contributed by atoms with van der Waals surface area (Å²) in [6.45, 7) is 7.22. The van der Waals surface area contributed by atoms with E-state index in [9.17, 15) is 4.79 Å². The van der Waals surface area contributed by atoms with Crippen LogP contribution in [0.3, 0.4) is 0 Å². The summed E-state index contributed by atoms with van der Waals surface area (Å²) in [6.07, 6.45) is 4.54. The molecule has 0 aromatic carbocycles. The van der Waals surface area contributed by atoms with Crippen molar-refractivity contribution in [3.63, 3.8) is 0 Å². The number of hydrogen-bond acceptors (Lipinski definition) is 2. The van der Waals surface area contributed by atoms with Gasteiger partial charge >= 0.3 is 0 Å². The molecule has 0 aliphatic carbocycles. The van der Waals surface area contributed by atoms with Crippen molar-refractivity contribution in [2.75, 3.05) is 6.54 Å². The third-order valence-corrected chi connectivity index (χ3v) is 2.80. The van der Waals surface area contributed by atoms with Gasteiger partial charge < -0.3 is 5.73 Å². The van der Waals surface area contributed by atoms with Crippen molar-refractivity contribution in [1.29, 1.82) is 0 Å². The van der Waals surface area contributed by atoms with Crippen LogP contribution in [0.5, 0.6) is 0 Å². The predicted molar refractivity (Wildman–Crippen MR) is 61.1 cm³/mol. The van der Waals surface area contributed by atoms with E-state index in [1.807, 2.05) is 0 Å². The molecule has 0 saturated heterocycles. The third-order valence-electron chi connectivity index (χ3n) is 2.80. The maximum atomic E-state index is 11.3. The monoisotopic (exact) mass is 199 g/mol. The molecule has 0 rings (SSSR count). The lowest BCUT2D eigenvalue weighted by molar-refractivity contribution is -0.119. The minimum Gasteiger partial charge on any atom is -0.330 e. The highest BCUT2D eigenvalue weighted by Gasteiger charge is 2.13. The number of rotatable bonds is 8. The zero-order valence-corrected chi connectivity index (χ0v) is 9.88. The lowest BCUT2D eigenvalue weighted by atomic mass is 9.87. The molecular weight excluding hydrogens is 174 g/mol.